The molecule has 3 aromatic rings. The number of thiazole rings is 1. The van der Waals surface area contributed by atoms with Gasteiger partial charge in [-0.15, -0.1) is 0 Å². The van der Waals surface area contributed by atoms with Crippen molar-refractivity contribution in [3.05, 3.63) is 57.9 Å². The Morgan fingerprint density at radius 2 is 1.94 bits per heavy atom. The summed E-state index contributed by atoms with van der Waals surface area (Å²) in [5.74, 6) is -1.47. The third kappa shape index (κ3) is 5.10. The van der Waals surface area contributed by atoms with E-state index in [9.17, 15) is 18.0 Å². The quantitative estimate of drug-likeness (QED) is 0.479. The molecule has 1 unspecified atom stereocenters. The molecule has 1 aliphatic rings. The lowest BCUT2D eigenvalue weighted by atomic mass is 9.99. The van der Waals surface area contributed by atoms with E-state index in [1.807, 2.05) is 6.92 Å². The summed E-state index contributed by atoms with van der Waals surface area (Å²) in [6.07, 6.45) is 1.09. The van der Waals surface area contributed by atoms with Crippen molar-refractivity contribution < 1.29 is 22.7 Å². The number of ether oxygens (including phenoxy) is 1. The van der Waals surface area contributed by atoms with E-state index in [4.69, 9.17) is 16.3 Å². The van der Waals surface area contributed by atoms with Crippen molar-refractivity contribution in [3.8, 4) is 0 Å². The van der Waals surface area contributed by atoms with Crippen molar-refractivity contribution >= 4 is 55.1 Å². The number of fused-ring (bicyclic) bond motifs is 1. The molecule has 1 atom stereocenters. The molecular weight excluding hydrogens is 498 g/mol. The van der Waals surface area contributed by atoms with Crippen LogP contribution in [0.2, 0.25) is 5.02 Å². The number of methoxy groups -OCH3 is 1. The zero-order chi connectivity index (χ0) is 24.5. The Labute approximate surface area is 206 Å². The molecule has 8 nitrogen and oxygen atoms in total. The van der Waals surface area contributed by atoms with Crippen molar-refractivity contribution in [2.75, 3.05) is 20.2 Å². The maximum absolute atomic E-state index is 13.1. The number of carbonyl (C=O) groups excluding carboxylic acids is 2. The van der Waals surface area contributed by atoms with Gasteiger partial charge in [-0.3, -0.25) is 9.59 Å². The van der Waals surface area contributed by atoms with Gasteiger partial charge in [0.1, 0.15) is 6.54 Å². The van der Waals surface area contributed by atoms with Gasteiger partial charge in [-0.05, 0) is 50.1 Å². The van der Waals surface area contributed by atoms with Gasteiger partial charge in [0.15, 0.2) is 4.80 Å². The first-order chi connectivity index (χ1) is 16.2. The number of carbonyl (C=O) groups is 2. The van der Waals surface area contributed by atoms with Crippen LogP contribution >= 0.6 is 22.9 Å². The molecule has 0 N–H and O–H groups in total. The lowest BCUT2D eigenvalue weighted by molar-refractivity contribution is -0.141. The Morgan fingerprint density at radius 3 is 2.65 bits per heavy atom. The smallest absolute Gasteiger partial charge is 0.325 e. The Hall–Kier alpha value is -2.53. The number of nitrogens with zero attached hydrogens (tertiary/aromatic N) is 3. The van der Waals surface area contributed by atoms with Gasteiger partial charge in [0, 0.05) is 18.1 Å². The van der Waals surface area contributed by atoms with Gasteiger partial charge in [-0.25, -0.2) is 8.42 Å². The highest BCUT2D eigenvalue weighted by Crippen LogP contribution is 2.26. The SMILES string of the molecule is COC(=O)Cn1c(=NC(=O)C2CCCN(S(=O)(=O)c3ccc(C)cc3)C2)sc2cc(Cl)ccc21. The summed E-state index contributed by atoms with van der Waals surface area (Å²) in [6.45, 7) is 2.20. The fourth-order valence-electron chi connectivity index (χ4n) is 3.89. The zero-order valence-corrected chi connectivity index (χ0v) is 21.1. The lowest BCUT2D eigenvalue weighted by Gasteiger charge is -2.30. The number of aromatic nitrogens is 1. The summed E-state index contributed by atoms with van der Waals surface area (Å²) in [5.41, 5.74) is 1.67. The van der Waals surface area contributed by atoms with E-state index in [0.717, 1.165) is 10.3 Å². The lowest BCUT2D eigenvalue weighted by Crippen LogP contribution is -2.42. The van der Waals surface area contributed by atoms with Crippen molar-refractivity contribution in [2.45, 2.75) is 31.2 Å². The number of amides is 1. The molecule has 0 aliphatic carbocycles. The number of esters is 1. The summed E-state index contributed by atoms with van der Waals surface area (Å²) in [6, 6.07) is 11.9. The molecule has 1 saturated heterocycles. The second kappa shape index (κ2) is 9.99. The van der Waals surface area contributed by atoms with Gasteiger partial charge in [0.05, 0.1) is 28.1 Å². The standard InChI is InChI=1S/C23H24ClN3O5S2/c1-15-5-8-18(9-6-15)34(30,31)26-11-3-4-16(13-26)22(29)25-23-27(14-21(28)32-2)19-10-7-17(24)12-20(19)33-23/h5-10,12,16H,3-4,11,13-14H2,1-2H3. The molecule has 11 heteroatoms. The molecular formula is C23H24ClN3O5S2. The maximum Gasteiger partial charge on any atom is 0.325 e. The molecule has 1 amide bonds. The molecule has 0 radical (unpaired) electrons. The Kier molecular flexibility index (Phi) is 7.22. The fraction of sp³-hybridized carbons (Fsp3) is 0.348. The number of hydrogen-bond acceptors (Lipinski definition) is 6. The van der Waals surface area contributed by atoms with Crippen LogP contribution < -0.4 is 4.80 Å². The van der Waals surface area contributed by atoms with Crippen LogP contribution in [0.3, 0.4) is 0 Å². The largest absolute Gasteiger partial charge is 0.468 e. The maximum atomic E-state index is 13.1. The van der Waals surface area contributed by atoms with E-state index in [1.165, 1.54) is 22.8 Å². The van der Waals surface area contributed by atoms with E-state index in [2.05, 4.69) is 4.99 Å². The average molecular weight is 522 g/mol. The summed E-state index contributed by atoms with van der Waals surface area (Å²) >= 11 is 7.34. The van der Waals surface area contributed by atoms with E-state index >= 15 is 0 Å². The number of hydrogen-bond donors (Lipinski definition) is 0. The predicted octanol–water partition coefficient (Wildman–Crippen LogP) is 3.37. The zero-order valence-electron chi connectivity index (χ0n) is 18.7. The second-order valence-electron chi connectivity index (χ2n) is 8.12. The van der Waals surface area contributed by atoms with E-state index in [1.54, 1.807) is 47.0 Å². The summed E-state index contributed by atoms with van der Waals surface area (Å²) in [4.78, 5) is 30.0. The minimum Gasteiger partial charge on any atom is -0.468 e. The topological polar surface area (TPSA) is 98.0 Å². The average Bonchev–Trinajstić information content (AvgIpc) is 3.14. The number of sulfonamides is 1. The molecule has 0 spiro atoms. The monoisotopic (exact) mass is 521 g/mol. The Bertz CT molecular complexity index is 1410. The van der Waals surface area contributed by atoms with Gasteiger partial charge in [-0.2, -0.15) is 9.30 Å². The van der Waals surface area contributed by atoms with Crippen LogP contribution in [0.25, 0.3) is 10.2 Å². The minimum absolute atomic E-state index is 0.0618. The first-order valence-corrected chi connectivity index (χ1v) is 13.3. The molecule has 1 fully saturated rings. The van der Waals surface area contributed by atoms with Crippen molar-refractivity contribution in [2.24, 2.45) is 10.9 Å². The van der Waals surface area contributed by atoms with Crippen LogP contribution in [-0.4, -0.2) is 49.4 Å². The van der Waals surface area contributed by atoms with Crippen LogP contribution in [0.1, 0.15) is 18.4 Å². The van der Waals surface area contributed by atoms with Gasteiger partial charge < -0.3 is 9.30 Å². The molecule has 2 heterocycles. The van der Waals surface area contributed by atoms with Crippen LogP contribution in [0.4, 0.5) is 0 Å². The molecule has 4 rings (SSSR count). The number of rotatable bonds is 5. The summed E-state index contributed by atoms with van der Waals surface area (Å²) in [7, 11) is -2.42. The number of aryl methyl sites for hydroxylation is 1. The first-order valence-electron chi connectivity index (χ1n) is 10.7. The van der Waals surface area contributed by atoms with Crippen molar-refractivity contribution in [3.63, 3.8) is 0 Å². The van der Waals surface area contributed by atoms with Crippen molar-refractivity contribution in [1.29, 1.82) is 0 Å². The number of benzene rings is 2. The highest BCUT2D eigenvalue weighted by molar-refractivity contribution is 7.89. The molecule has 0 bridgehead atoms. The fourth-order valence-corrected chi connectivity index (χ4v) is 6.72. The van der Waals surface area contributed by atoms with Gasteiger partial charge in [0.2, 0.25) is 10.0 Å². The molecule has 1 aliphatic heterocycles. The van der Waals surface area contributed by atoms with Crippen LogP contribution in [-0.2, 0) is 30.9 Å². The molecule has 180 valence electrons. The van der Waals surface area contributed by atoms with E-state index in [-0.39, 0.29) is 18.0 Å². The summed E-state index contributed by atoms with van der Waals surface area (Å²) in [5, 5.41) is 0.529. The minimum atomic E-state index is -3.71. The molecule has 1 aromatic heterocycles. The van der Waals surface area contributed by atoms with Gasteiger partial charge >= 0.3 is 5.97 Å². The van der Waals surface area contributed by atoms with Gasteiger partial charge in [-0.1, -0.05) is 40.6 Å². The van der Waals surface area contributed by atoms with Crippen LogP contribution in [0.15, 0.2) is 52.4 Å². The van der Waals surface area contributed by atoms with Crippen LogP contribution in [0, 0.1) is 12.8 Å². The molecule has 0 saturated carbocycles. The third-order valence-corrected chi connectivity index (χ3v) is 8.91. The molecule has 34 heavy (non-hydrogen) atoms. The summed E-state index contributed by atoms with van der Waals surface area (Å²) < 4.78 is 34.7. The van der Waals surface area contributed by atoms with E-state index in [0.29, 0.717) is 34.7 Å². The highest BCUT2D eigenvalue weighted by atomic mass is 35.5. The van der Waals surface area contributed by atoms with E-state index < -0.39 is 27.8 Å². The van der Waals surface area contributed by atoms with Crippen molar-refractivity contribution in [1.82, 2.24) is 8.87 Å². The highest BCUT2D eigenvalue weighted by Gasteiger charge is 2.33. The van der Waals surface area contributed by atoms with Crippen LogP contribution in [0.5, 0.6) is 0 Å². The second-order valence-corrected chi connectivity index (χ2v) is 11.5. The third-order valence-electron chi connectivity index (χ3n) is 5.76. The normalized spacial score (nSPS) is 17.7. The Balaban J connectivity index is 1.64. The first kappa shape index (κ1) is 24.6. The predicted molar refractivity (Wildman–Crippen MR) is 130 cm³/mol. The number of piperidine rings is 1. The molecule has 2 aromatic carbocycles. The Morgan fingerprint density at radius 1 is 1.21 bits per heavy atom. The van der Waals surface area contributed by atoms with Gasteiger partial charge in [0.25, 0.3) is 5.91 Å². The number of halogens is 1.